The monoisotopic (exact) mass is 325 g/mol. The second-order valence-corrected chi connectivity index (χ2v) is 5.39. The van der Waals surface area contributed by atoms with Crippen LogP contribution in [-0.4, -0.2) is 27.2 Å². The van der Waals surface area contributed by atoms with E-state index in [1.165, 1.54) is 6.33 Å². The van der Waals surface area contributed by atoms with Gasteiger partial charge in [-0.05, 0) is 36.6 Å². The average molecular weight is 325 g/mol. The van der Waals surface area contributed by atoms with Gasteiger partial charge in [0, 0.05) is 23.9 Å². The van der Waals surface area contributed by atoms with Crippen molar-refractivity contribution in [3.05, 3.63) is 42.4 Å². The Labute approximate surface area is 139 Å². The number of fused-ring (bicyclic) bond motifs is 1. The molecule has 0 amide bonds. The normalized spacial score (nSPS) is 10.9. The first kappa shape index (κ1) is 15.8. The third-order valence-corrected chi connectivity index (χ3v) is 3.78. The Morgan fingerprint density at radius 3 is 2.71 bits per heavy atom. The van der Waals surface area contributed by atoms with E-state index in [0.29, 0.717) is 31.0 Å². The number of nitrogen functional groups attached to an aromatic ring is 2. The Kier molecular flexibility index (Phi) is 4.33. The van der Waals surface area contributed by atoms with Crippen LogP contribution in [0.25, 0.3) is 16.6 Å². The van der Waals surface area contributed by atoms with Crippen molar-refractivity contribution in [2.24, 2.45) is 0 Å². The number of rotatable bonds is 5. The summed E-state index contributed by atoms with van der Waals surface area (Å²) >= 11 is 0. The van der Waals surface area contributed by atoms with Crippen LogP contribution in [0.1, 0.15) is 18.9 Å². The summed E-state index contributed by atoms with van der Waals surface area (Å²) in [5, 5.41) is 4.21. The van der Waals surface area contributed by atoms with Crippen LogP contribution in [0.15, 0.2) is 36.8 Å². The maximum Gasteiger partial charge on any atom is 0.306 e. The van der Waals surface area contributed by atoms with Crippen LogP contribution in [0.3, 0.4) is 0 Å². The summed E-state index contributed by atoms with van der Waals surface area (Å²) in [6.45, 7) is 2.17. The molecule has 2 heterocycles. The van der Waals surface area contributed by atoms with Crippen molar-refractivity contribution < 1.29 is 9.53 Å². The van der Waals surface area contributed by atoms with Gasteiger partial charge < -0.3 is 16.2 Å². The highest BCUT2D eigenvalue weighted by Gasteiger charge is 2.17. The molecule has 4 N–H and O–H groups in total. The molecule has 7 heteroatoms. The lowest BCUT2D eigenvalue weighted by Gasteiger charge is -2.07. The zero-order valence-corrected chi connectivity index (χ0v) is 13.4. The van der Waals surface area contributed by atoms with Gasteiger partial charge in [-0.25, -0.2) is 9.50 Å². The van der Waals surface area contributed by atoms with Gasteiger partial charge in [0.15, 0.2) is 5.82 Å². The van der Waals surface area contributed by atoms with Crippen molar-refractivity contribution in [3.63, 3.8) is 0 Å². The molecule has 7 nitrogen and oxygen atoms in total. The standard InChI is InChI=1S/C17H19N5O2/c1-2-24-14(23)8-5-12-9-22-16(17(19)20-10-21-22)15(12)11-3-6-13(18)7-4-11/h3-4,6-7,9-10H,2,5,8,18H2,1H3,(H2,19,20,21). The second kappa shape index (κ2) is 6.57. The first-order valence-electron chi connectivity index (χ1n) is 7.72. The van der Waals surface area contributed by atoms with Gasteiger partial charge >= 0.3 is 5.97 Å². The Bertz CT molecular complexity index is 871. The Morgan fingerprint density at radius 2 is 2.00 bits per heavy atom. The van der Waals surface area contributed by atoms with E-state index in [9.17, 15) is 4.79 Å². The molecule has 0 atom stereocenters. The number of aromatic nitrogens is 3. The zero-order chi connectivity index (χ0) is 17.1. The summed E-state index contributed by atoms with van der Waals surface area (Å²) in [4.78, 5) is 15.8. The molecule has 3 aromatic rings. The fourth-order valence-electron chi connectivity index (χ4n) is 2.72. The third-order valence-electron chi connectivity index (χ3n) is 3.78. The van der Waals surface area contributed by atoms with Crippen LogP contribution >= 0.6 is 0 Å². The summed E-state index contributed by atoms with van der Waals surface area (Å²) in [7, 11) is 0. The van der Waals surface area contributed by atoms with Gasteiger partial charge in [-0.1, -0.05) is 12.1 Å². The first-order valence-corrected chi connectivity index (χ1v) is 7.72. The highest BCUT2D eigenvalue weighted by atomic mass is 16.5. The summed E-state index contributed by atoms with van der Waals surface area (Å²) in [5.74, 6) is 0.161. The van der Waals surface area contributed by atoms with E-state index in [-0.39, 0.29) is 5.97 Å². The van der Waals surface area contributed by atoms with Crippen molar-refractivity contribution in [2.45, 2.75) is 19.8 Å². The van der Waals surface area contributed by atoms with Crippen LogP contribution < -0.4 is 11.5 Å². The molecule has 24 heavy (non-hydrogen) atoms. The molecule has 0 spiro atoms. The number of benzene rings is 1. The number of ether oxygens (including phenoxy) is 1. The number of carbonyl (C=O) groups excluding carboxylic acids is 1. The number of hydrogen-bond acceptors (Lipinski definition) is 6. The Balaban J connectivity index is 2.07. The van der Waals surface area contributed by atoms with Gasteiger partial charge in [0.05, 0.1) is 6.61 Å². The molecule has 1 aromatic carbocycles. The van der Waals surface area contributed by atoms with Crippen molar-refractivity contribution >= 4 is 23.0 Å². The minimum absolute atomic E-state index is 0.227. The van der Waals surface area contributed by atoms with Gasteiger partial charge in [0.25, 0.3) is 0 Å². The van der Waals surface area contributed by atoms with Crippen LogP contribution in [0.5, 0.6) is 0 Å². The molecule has 124 valence electrons. The SMILES string of the molecule is CCOC(=O)CCc1cn2ncnc(N)c2c1-c1ccc(N)cc1. The number of aryl methyl sites for hydroxylation is 1. The fraction of sp³-hybridized carbons (Fsp3) is 0.235. The Hall–Kier alpha value is -3.09. The van der Waals surface area contributed by atoms with E-state index in [2.05, 4.69) is 10.1 Å². The molecule has 0 fully saturated rings. The number of hydrogen-bond donors (Lipinski definition) is 2. The lowest BCUT2D eigenvalue weighted by Crippen LogP contribution is -2.05. The quantitative estimate of drug-likeness (QED) is 0.549. The Morgan fingerprint density at radius 1 is 1.25 bits per heavy atom. The lowest BCUT2D eigenvalue weighted by molar-refractivity contribution is -0.143. The second-order valence-electron chi connectivity index (χ2n) is 5.39. The van der Waals surface area contributed by atoms with Crippen LogP contribution in [0, 0.1) is 0 Å². The highest BCUT2D eigenvalue weighted by Crippen LogP contribution is 2.33. The summed E-state index contributed by atoms with van der Waals surface area (Å²) in [6.07, 6.45) is 4.10. The molecule has 0 saturated heterocycles. The number of carbonyl (C=O) groups is 1. The van der Waals surface area contributed by atoms with E-state index in [0.717, 1.165) is 22.2 Å². The largest absolute Gasteiger partial charge is 0.466 e. The molecule has 0 aliphatic heterocycles. The third kappa shape index (κ3) is 3.01. The van der Waals surface area contributed by atoms with E-state index < -0.39 is 0 Å². The molecular weight excluding hydrogens is 306 g/mol. The number of nitrogens with zero attached hydrogens (tertiary/aromatic N) is 3. The van der Waals surface area contributed by atoms with Gasteiger partial charge in [-0.15, -0.1) is 0 Å². The first-order chi connectivity index (χ1) is 11.6. The minimum atomic E-state index is -0.227. The zero-order valence-electron chi connectivity index (χ0n) is 13.4. The van der Waals surface area contributed by atoms with Crippen molar-refractivity contribution in [2.75, 3.05) is 18.1 Å². The fourth-order valence-corrected chi connectivity index (χ4v) is 2.72. The van der Waals surface area contributed by atoms with Gasteiger partial charge in [-0.2, -0.15) is 5.10 Å². The summed E-state index contributed by atoms with van der Waals surface area (Å²) in [5.41, 5.74) is 16.1. The van der Waals surface area contributed by atoms with Gasteiger partial charge in [0.1, 0.15) is 11.8 Å². The molecule has 2 aromatic heterocycles. The van der Waals surface area contributed by atoms with E-state index in [1.54, 1.807) is 11.4 Å². The van der Waals surface area contributed by atoms with E-state index in [1.807, 2.05) is 30.5 Å². The van der Waals surface area contributed by atoms with Crippen LogP contribution in [0.4, 0.5) is 11.5 Å². The molecule has 0 saturated carbocycles. The molecule has 0 aliphatic rings. The molecule has 0 bridgehead atoms. The summed E-state index contributed by atoms with van der Waals surface area (Å²) < 4.78 is 6.70. The maximum absolute atomic E-state index is 11.7. The number of nitrogens with two attached hydrogens (primary N) is 2. The summed E-state index contributed by atoms with van der Waals surface area (Å²) in [6, 6.07) is 7.50. The molecule has 0 radical (unpaired) electrons. The number of anilines is 2. The molecule has 0 aliphatic carbocycles. The predicted octanol–water partition coefficient (Wildman–Crippen LogP) is 2.06. The lowest BCUT2D eigenvalue weighted by atomic mass is 9.99. The molecule has 0 unspecified atom stereocenters. The van der Waals surface area contributed by atoms with E-state index in [4.69, 9.17) is 16.2 Å². The van der Waals surface area contributed by atoms with Crippen molar-refractivity contribution in [3.8, 4) is 11.1 Å². The number of esters is 1. The van der Waals surface area contributed by atoms with Crippen molar-refractivity contribution in [1.82, 2.24) is 14.6 Å². The average Bonchev–Trinajstić information content (AvgIpc) is 2.94. The van der Waals surface area contributed by atoms with Crippen LogP contribution in [-0.2, 0) is 16.0 Å². The predicted molar refractivity (Wildman–Crippen MR) is 92.2 cm³/mol. The van der Waals surface area contributed by atoms with Crippen molar-refractivity contribution in [1.29, 1.82) is 0 Å². The van der Waals surface area contributed by atoms with Gasteiger partial charge in [-0.3, -0.25) is 4.79 Å². The molecule has 3 rings (SSSR count). The van der Waals surface area contributed by atoms with Gasteiger partial charge in [0.2, 0.25) is 0 Å². The van der Waals surface area contributed by atoms with E-state index >= 15 is 0 Å². The smallest absolute Gasteiger partial charge is 0.306 e. The molecular formula is C17H19N5O2. The highest BCUT2D eigenvalue weighted by molar-refractivity contribution is 5.90. The minimum Gasteiger partial charge on any atom is -0.466 e. The van der Waals surface area contributed by atoms with Crippen LogP contribution in [0.2, 0.25) is 0 Å². The maximum atomic E-state index is 11.7. The topological polar surface area (TPSA) is 109 Å².